The Labute approximate surface area is 215 Å². The number of methoxy groups -OCH3 is 3. The lowest BCUT2D eigenvalue weighted by atomic mass is 10.1. The number of nitrogens with zero attached hydrogens (tertiary/aromatic N) is 2. The topological polar surface area (TPSA) is 80.3 Å². The zero-order valence-corrected chi connectivity index (χ0v) is 21.2. The molecule has 1 aliphatic rings. The molecule has 1 heterocycles. The molecule has 1 saturated heterocycles. The van der Waals surface area contributed by atoms with E-state index < -0.39 is 0 Å². The number of hydrogen-bond donors (Lipinski definition) is 1. The highest BCUT2D eigenvalue weighted by Gasteiger charge is 2.24. The minimum atomic E-state index is -0.307. The van der Waals surface area contributed by atoms with Gasteiger partial charge in [0.05, 0.1) is 32.7 Å². The van der Waals surface area contributed by atoms with Gasteiger partial charge >= 0.3 is 0 Å². The normalized spacial score (nSPS) is 13.2. The van der Waals surface area contributed by atoms with E-state index in [4.69, 9.17) is 25.8 Å². The highest BCUT2D eigenvalue weighted by molar-refractivity contribution is 6.30. The number of hydrogen-bond acceptors (Lipinski definition) is 6. The predicted molar refractivity (Wildman–Crippen MR) is 140 cm³/mol. The second kappa shape index (κ2) is 11.2. The van der Waals surface area contributed by atoms with Crippen LogP contribution in [0.2, 0.25) is 5.02 Å². The van der Waals surface area contributed by atoms with Gasteiger partial charge in [-0.1, -0.05) is 23.7 Å². The maximum Gasteiger partial charge on any atom is 0.255 e. The second-order valence-electron chi connectivity index (χ2n) is 8.17. The van der Waals surface area contributed by atoms with Gasteiger partial charge in [0.2, 0.25) is 5.75 Å². The summed E-state index contributed by atoms with van der Waals surface area (Å²) >= 11 is 5.94. The second-order valence-corrected chi connectivity index (χ2v) is 8.61. The van der Waals surface area contributed by atoms with Gasteiger partial charge in [0.15, 0.2) is 11.5 Å². The minimum absolute atomic E-state index is 0.0182. The average Bonchev–Trinajstić information content (AvgIpc) is 2.92. The zero-order chi connectivity index (χ0) is 25.7. The molecule has 0 aromatic heterocycles. The predicted octanol–water partition coefficient (Wildman–Crippen LogP) is 4.58. The average molecular weight is 510 g/mol. The summed E-state index contributed by atoms with van der Waals surface area (Å²) in [6.07, 6.45) is 0. The summed E-state index contributed by atoms with van der Waals surface area (Å²) < 4.78 is 16.1. The summed E-state index contributed by atoms with van der Waals surface area (Å²) in [5.74, 6) is 0.894. The van der Waals surface area contributed by atoms with Crippen LogP contribution < -0.4 is 24.4 Å². The van der Waals surface area contributed by atoms with Crippen LogP contribution in [0.3, 0.4) is 0 Å². The Morgan fingerprint density at radius 2 is 1.42 bits per heavy atom. The summed E-state index contributed by atoms with van der Waals surface area (Å²) in [6, 6.07) is 17.8. The number of benzene rings is 3. The Morgan fingerprint density at radius 1 is 0.806 bits per heavy atom. The molecule has 0 atom stereocenters. The lowest BCUT2D eigenvalue weighted by molar-refractivity contribution is 0.0746. The molecule has 0 bridgehead atoms. The molecule has 0 saturated carbocycles. The Morgan fingerprint density at radius 3 is 2.00 bits per heavy atom. The third kappa shape index (κ3) is 5.33. The van der Waals surface area contributed by atoms with Gasteiger partial charge in [-0.05, 0) is 48.5 Å². The number of carbonyl (C=O) groups excluding carboxylic acids is 2. The molecule has 0 radical (unpaired) electrons. The summed E-state index contributed by atoms with van der Waals surface area (Å²) in [7, 11) is 4.52. The van der Waals surface area contributed by atoms with Gasteiger partial charge in [0.1, 0.15) is 0 Å². The number of carbonyl (C=O) groups is 2. The fraction of sp³-hybridized carbons (Fsp3) is 0.259. The molecule has 1 N–H and O–H groups in total. The van der Waals surface area contributed by atoms with Gasteiger partial charge in [-0.3, -0.25) is 9.59 Å². The van der Waals surface area contributed by atoms with Crippen LogP contribution >= 0.6 is 11.6 Å². The molecule has 9 heteroatoms. The van der Waals surface area contributed by atoms with Crippen LogP contribution in [0, 0.1) is 0 Å². The molecule has 0 unspecified atom stereocenters. The minimum Gasteiger partial charge on any atom is -0.493 e. The van der Waals surface area contributed by atoms with Gasteiger partial charge in [-0.2, -0.15) is 0 Å². The SMILES string of the molecule is COc1cc(C(=O)Nc2ccccc2N2CCN(C(=O)c3ccc(Cl)cc3)CC2)cc(OC)c1OC. The third-order valence-electron chi connectivity index (χ3n) is 6.08. The first-order valence-electron chi connectivity index (χ1n) is 11.4. The molecule has 8 nitrogen and oxygen atoms in total. The number of piperazine rings is 1. The van der Waals surface area contributed by atoms with Crippen molar-refractivity contribution >= 4 is 34.8 Å². The van der Waals surface area contributed by atoms with Crippen molar-refractivity contribution < 1.29 is 23.8 Å². The van der Waals surface area contributed by atoms with Crippen molar-refractivity contribution in [1.29, 1.82) is 0 Å². The van der Waals surface area contributed by atoms with E-state index in [0.717, 1.165) is 5.69 Å². The molecule has 3 aromatic carbocycles. The molecule has 36 heavy (non-hydrogen) atoms. The van der Waals surface area contributed by atoms with E-state index in [1.807, 2.05) is 29.2 Å². The monoisotopic (exact) mass is 509 g/mol. The van der Waals surface area contributed by atoms with Crippen molar-refractivity contribution in [3.05, 3.63) is 76.8 Å². The Bertz CT molecular complexity index is 1220. The Kier molecular flexibility index (Phi) is 7.85. The maximum atomic E-state index is 13.2. The molecular weight excluding hydrogens is 482 g/mol. The lowest BCUT2D eigenvalue weighted by Crippen LogP contribution is -2.49. The van der Waals surface area contributed by atoms with Crippen molar-refractivity contribution in [3.8, 4) is 17.2 Å². The first-order chi connectivity index (χ1) is 17.4. The maximum absolute atomic E-state index is 13.2. The Balaban J connectivity index is 1.48. The van der Waals surface area contributed by atoms with Crippen LogP contribution in [-0.4, -0.2) is 64.2 Å². The molecule has 1 aliphatic heterocycles. The quantitative estimate of drug-likeness (QED) is 0.502. The smallest absolute Gasteiger partial charge is 0.255 e. The number of halogens is 1. The van der Waals surface area contributed by atoms with E-state index >= 15 is 0 Å². The largest absolute Gasteiger partial charge is 0.493 e. The summed E-state index contributed by atoms with van der Waals surface area (Å²) in [4.78, 5) is 30.0. The third-order valence-corrected chi connectivity index (χ3v) is 6.33. The zero-order valence-electron chi connectivity index (χ0n) is 20.4. The fourth-order valence-electron chi connectivity index (χ4n) is 4.19. The van der Waals surface area contributed by atoms with E-state index in [-0.39, 0.29) is 11.8 Å². The van der Waals surface area contributed by atoms with Crippen LogP contribution in [0.25, 0.3) is 0 Å². The van der Waals surface area contributed by atoms with Crippen molar-refractivity contribution in [2.24, 2.45) is 0 Å². The summed E-state index contributed by atoms with van der Waals surface area (Å²) in [5, 5.41) is 3.60. The molecule has 0 spiro atoms. The van der Waals surface area contributed by atoms with E-state index in [9.17, 15) is 9.59 Å². The molecule has 0 aliphatic carbocycles. The standard InChI is InChI=1S/C27H28ClN3O5/c1-34-23-16-19(17-24(35-2)25(23)36-3)26(32)29-21-6-4-5-7-22(21)30-12-14-31(15-13-30)27(33)18-8-10-20(28)11-9-18/h4-11,16-17H,12-15H2,1-3H3,(H,29,32). The van der Waals surface area contributed by atoms with Crippen LogP contribution in [-0.2, 0) is 0 Å². The fourth-order valence-corrected chi connectivity index (χ4v) is 4.31. The number of amides is 2. The number of ether oxygens (including phenoxy) is 3. The number of para-hydroxylation sites is 2. The molecule has 188 valence electrons. The van der Waals surface area contributed by atoms with Crippen LogP contribution in [0.1, 0.15) is 20.7 Å². The van der Waals surface area contributed by atoms with Crippen LogP contribution in [0.4, 0.5) is 11.4 Å². The lowest BCUT2D eigenvalue weighted by Gasteiger charge is -2.37. The van der Waals surface area contributed by atoms with Gasteiger partial charge in [0.25, 0.3) is 11.8 Å². The molecule has 3 aromatic rings. The first-order valence-corrected chi connectivity index (χ1v) is 11.8. The highest BCUT2D eigenvalue weighted by Crippen LogP contribution is 2.38. The van der Waals surface area contributed by atoms with Crippen molar-refractivity contribution in [2.45, 2.75) is 0 Å². The molecular formula is C27H28ClN3O5. The van der Waals surface area contributed by atoms with Gasteiger partial charge in [-0.15, -0.1) is 0 Å². The highest BCUT2D eigenvalue weighted by atomic mass is 35.5. The van der Waals surface area contributed by atoms with E-state index in [0.29, 0.717) is 65.3 Å². The van der Waals surface area contributed by atoms with Crippen molar-refractivity contribution in [1.82, 2.24) is 4.90 Å². The first kappa shape index (κ1) is 25.2. The molecule has 1 fully saturated rings. The van der Waals surface area contributed by atoms with Gasteiger partial charge < -0.3 is 29.3 Å². The van der Waals surface area contributed by atoms with Crippen molar-refractivity contribution in [3.63, 3.8) is 0 Å². The number of rotatable bonds is 7. The summed E-state index contributed by atoms with van der Waals surface area (Å²) in [5.41, 5.74) is 2.55. The van der Waals surface area contributed by atoms with Crippen LogP contribution in [0.5, 0.6) is 17.2 Å². The van der Waals surface area contributed by atoms with Crippen molar-refractivity contribution in [2.75, 3.05) is 57.7 Å². The van der Waals surface area contributed by atoms with E-state index in [2.05, 4.69) is 10.2 Å². The van der Waals surface area contributed by atoms with Crippen LogP contribution in [0.15, 0.2) is 60.7 Å². The van der Waals surface area contributed by atoms with E-state index in [1.165, 1.54) is 21.3 Å². The summed E-state index contributed by atoms with van der Waals surface area (Å²) in [6.45, 7) is 2.40. The number of anilines is 2. The molecule has 2 amide bonds. The number of nitrogens with one attached hydrogen (secondary N) is 1. The Hall–Kier alpha value is -3.91. The van der Waals surface area contributed by atoms with Gasteiger partial charge in [-0.25, -0.2) is 0 Å². The van der Waals surface area contributed by atoms with E-state index in [1.54, 1.807) is 36.4 Å². The van der Waals surface area contributed by atoms with Gasteiger partial charge in [0, 0.05) is 42.3 Å². The molecule has 4 rings (SSSR count).